The number of aliphatic hydroxyl groups excluding tert-OH is 2. The first-order valence-corrected chi connectivity index (χ1v) is 7.59. The first-order valence-electron chi connectivity index (χ1n) is 5.14. The van der Waals surface area contributed by atoms with Gasteiger partial charge >= 0.3 is 0 Å². The number of hydrogen-bond acceptors (Lipinski definition) is 4. The van der Waals surface area contributed by atoms with Crippen molar-refractivity contribution in [1.82, 2.24) is 0 Å². The van der Waals surface area contributed by atoms with E-state index in [1.807, 2.05) is 6.92 Å². The molecule has 0 bridgehead atoms. The molecule has 2 N–H and O–H groups in total. The maximum absolute atomic E-state index is 11.9. The average Bonchev–Trinajstić information content (AvgIpc) is 2.29. The second-order valence-corrected chi connectivity index (χ2v) is 6.82. The van der Waals surface area contributed by atoms with Crippen LogP contribution in [0.15, 0.2) is 27.6 Å². The number of aliphatic hydroxyl groups is 2. The van der Waals surface area contributed by atoms with Gasteiger partial charge in [0.1, 0.15) is 0 Å². The summed E-state index contributed by atoms with van der Waals surface area (Å²) in [5.74, 6) is -0.171. The molecule has 1 atom stereocenters. The number of aryl methyl sites for hydroxylation is 1. The Morgan fingerprint density at radius 3 is 2.59 bits per heavy atom. The van der Waals surface area contributed by atoms with E-state index >= 15 is 0 Å². The summed E-state index contributed by atoms with van der Waals surface area (Å²) in [6.45, 7) is 1.39. The van der Waals surface area contributed by atoms with Crippen LogP contribution in [0.5, 0.6) is 0 Å². The maximum Gasteiger partial charge on any atom is 0.178 e. The Balaban J connectivity index is 2.86. The predicted molar refractivity (Wildman–Crippen MR) is 68.6 cm³/mol. The molecule has 0 saturated heterocycles. The van der Waals surface area contributed by atoms with Crippen molar-refractivity contribution >= 4 is 25.8 Å². The number of benzene rings is 1. The van der Waals surface area contributed by atoms with Gasteiger partial charge in [0, 0.05) is 4.47 Å². The zero-order valence-electron chi connectivity index (χ0n) is 9.43. The van der Waals surface area contributed by atoms with E-state index in [1.54, 1.807) is 12.1 Å². The van der Waals surface area contributed by atoms with Crippen molar-refractivity contribution in [2.45, 2.75) is 24.3 Å². The molecule has 0 unspecified atom stereocenters. The van der Waals surface area contributed by atoms with E-state index in [9.17, 15) is 8.42 Å². The lowest BCUT2D eigenvalue weighted by molar-refractivity contribution is 0.0928. The van der Waals surface area contributed by atoms with E-state index in [4.69, 9.17) is 10.2 Å². The van der Waals surface area contributed by atoms with Crippen molar-refractivity contribution in [2.24, 2.45) is 0 Å². The molecule has 1 aromatic carbocycles. The van der Waals surface area contributed by atoms with Crippen LogP contribution in [0.4, 0.5) is 0 Å². The lowest BCUT2D eigenvalue weighted by Crippen LogP contribution is -2.18. The van der Waals surface area contributed by atoms with Gasteiger partial charge in [0.05, 0.1) is 23.4 Å². The summed E-state index contributed by atoms with van der Waals surface area (Å²) < 4.78 is 24.7. The van der Waals surface area contributed by atoms with E-state index in [0.29, 0.717) is 0 Å². The summed E-state index contributed by atoms with van der Waals surface area (Å²) in [7, 11) is -3.40. The van der Waals surface area contributed by atoms with Gasteiger partial charge in [-0.25, -0.2) is 8.42 Å². The Morgan fingerprint density at radius 2 is 2.06 bits per heavy atom. The van der Waals surface area contributed by atoms with E-state index in [1.165, 1.54) is 6.07 Å². The summed E-state index contributed by atoms with van der Waals surface area (Å²) in [6.07, 6.45) is -0.949. The van der Waals surface area contributed by atoms with Crippen molar-refractivity contribution in [2.75, 3.05) is 12.4 Å². The van der Waals surface area contributed by atoms with E-state index in [0.717, 1.165) is 10.0 Å². The third kappa shape index (κ3) is 4.06. The molecule has 0 amide bonds. The van der Waals surface area contributed by atoms with Gasteiger partial charge < -0.3 is 10.2 Å². The molecule has 6 heteroatoms. The molecule has 0 aliphatic carbocycles. The average molecular weight is 323 g/mol. The van der Waals surface area contributed by atoms with Crippen molar-refractivity contribution in [3.8, 4) is 0 Å². The van der Waals surface area contributed by atoms with Crippen molar-refractivity contribution < 1.29 is 18.6 Å². The Hall–Kier alpha value is -0.430. The van der Waals surface area contributed by atoms with Crippen LogP contribution in [0.2, 0.25) is 0 Å². The molecule has 1 rings (SSSR count). The Labute approximate surface area is 109 Å². The summed E-state index contributed by atoms with van der Waals surface area (Å²) in [4.78, 5) is 0.239. The van der Waals surface area contributed by atoms with Gasteiger partial charge in [0.2, 0.25) is 0 Å². The van der Waals surface area contributed by atoms with Crippen molar-refractivity contribution in [1.29, 1.82) is 0 Å². The van der Waals surface area contributed by atoms with Crippen LogP contribution in [0.25, 0.3) is 0 Å². The van der Waals surface area contributed by atoms with E-state index in [2.05, 4.69) is 15.9 Å². The lowest BCUT2D eigenvalue weighted by Gasteiger charge is -2.09. The van der Waals surface area contributed by atoms with Crippen LogP contribution in [-0.4, -0.2) is 37.1 Å². The van der Waals surface area contributed by atoms with Gasteiger partial charge in [-0.15, -0.1) is 0 Å². The molecule has 4 nitrogen and oxygen atoms in total. The minimum Gasteiger partial charge on any atom is -0.394 e. The fraction of sp³-hybridized carbons (Fsp3) is 0.455. The van der Waals surface area contributed by atoms with Crippen molar-refractivity contribution in [3.63, 3.8) is 0 Å². The fourth-order valence-electron chi connectivity index (χ4n) is 1.31. The topological polar surface area (TPSA) is 74.6 Å². The molecule has 17 heavy (non-hydrogen) atoms. The van der Waals surface area contributed by atoms with Crippen LogP contribution in [0.1, 0.15) is 12.0 Å². The van der Waals surface area contributed by atoms with Gasteiger partial charge in [0.15, 0.2) is 9.84 Å². The molecule has 0 fully saturated rings. The van der Waals surface area contributed by atoms with Gasteiger partial charge in [-0.2, -0.15) is 0 Å². The van der Waals surface area contributed by atoms with Gasteiger partial charge in [-0.05, 0) is 37.1 Å². The molecular weight excluding hydrogens is 308 g/mol. The van der Waals surface area contributed by atoms with Gasteiger partial charge in [-0.1, -0.05) is 15.9 Å². The first-order chi connectivity index (χ1) is 7.86. The minimum absolute atomic E-state index is 0.0357. The summed E-state index contributed by atoms with van der Waals surface area (Å²) >= 11 is 3.30. The number of sulfone groups is 1. The van der Waals surface area contributed by atoms with Crippen LogP contribution in [0.3, 0.4) is 0 Å². The normalized spacial score (nSPS) is 13.6. The van der Waals surface area contributed by atoms with Crippen LogP contribution < -0.4 is 0 Å². The predicted octanol–water partition coefficient (Wildman–Crippen LogP) is 1.27. The third-order valence-electron chi connectivity index (χ3n) is 2.42. The second-order valence-electron chi connectivity index (χ2n) is 3.85. The first kappa shape index (κ1) is 14.6. The molecule has 0 aromatic heterocycles. The summed E-state index contributed by atoms with van der Waals surface area (Å²) in [5, 5.41) is 17.8. The molecule has 1 aromatic rings. The van der Waals surface area contributed by atoms with E-state index < -0.39 is 22.5 Å². The Bertz CT molecular complexity index is 484. The standard InChI is InChI=1S/C11H15BrO4S/c1-8-6-10(2-3-11(8)12)17(15,16)5-4-9(14)7-13/h2-3,6,9,13-14H,4-5,7H2,1H3/t9-/m1/s1. The highest BCUT2D eigenvalue weighted by atomic mass is 79.9. The molecule has 0 aliphatic heterocycles. The second kappa shape index (κ2) is 5.95. The number of hydrogen-bond donors (Lipinski definition) is 2. The Kier molecular flexibility index (Phi) is 5.12. The maximum atomic E-state index is 11.9. The monoisotopic (exact) mass is 322 g/mol. The SMILES string of the molecule is Cc1cc(S(=O)(=O)CC[C@@H](O)CO)ccc1Br. The molecule has 0 spiro atoms. The third-order valence-corrected chi connectivity index (χ3v) is 5.05. The Morgan fingerprint density at radius 1 is 1.41 bits per heavy atom. The fourth-order valence-corrected chi connectivity index (χ4v) is 3.01. The zero-order valence-corrected chi connectivity index (χ0v) is 11.8. The molecular formula is C11H15BrO4S. The number of rotatable bonds is 5. The minimum atomic E-state index is -3.40. The highest BCUT2D eigenvalue weighted by molar-refractivity contribution is 9.10. The van der Waals surface area contributed by atoms with Gasteiger partial charge in [-0.3, -0.25) is 0 Å². The molecule has 0 aliphatic rings. The van der Waals surface area contributed by atoms with Gasteiger partial charge in [0.25, 0.3) is 0 Å². The van der Waals surface area contributed by atoms with E-state index in [-0.39, 0.29) is 17.1 Å². The van der Waals surface area contributed by atoms with Crippen LogP contribution in [0, 0.1) is 6.92 Å². The molecule has 0 saturated carbocycles. The number of halogens is 1. The molecule has 96 valence electrons. The molecule has 0 heterocycles. The van der Waals surface area contributed by atoms with Crippen LogP contribution in [-0.2, 0) is 9.84 Å². The molecule has 0 radical (unpaired) electrons. The smallest absolute Gasteiger partial charge is 0.178 e. The summed E-state index contributed by atoms with van der Waals surface area (Å²) in [5.41, 5.74) is 0.841. The zero-order chi connectivity index (χ0) is 13.1. The highest BCUT2D eigenvalue weighted by Crippen LogP contribution is 2.21. The van der Waals surface area contributed by atoms with Crippen LogP contribution >= 0.6 is 15.9 Å². The largest absolute Gasteiger partial charge is 0.394 e. The van der Waals surface area contributed by atoms with Crippen molar-refractivity contribution in [3.05, 3.63) is 28.2 Å². The quantitative estimate of drug-likeness (QED) is 0.856. The highest BCUT2D eigenvalue weighted by Gasteiger charge is 2.17. The lowest BCUT2D eigenvalue weighted by atomic mass is 10.2. The summed E-state index contributed by atoms with van der Waals surface area (Å²) in [6, 6.07) is 4.80.